The van der Waals surface area contributed by atoms with Crippen LogP contribution in [0, 0.1) is 16.0 Å². The summed E-state index contributed by atoms with van der Waals surface area (Å²) in [4.78, 5) is 22.6. The first kappa shape index (κ1) is 15.0. The van der Waals surface area contributed by atoms with Crippen molar-refractivity contribution in [3.8, 4) is 5.75 Å². The van der Waals surface area contributed by atoms with Gasteiger partial charge in [0.1, 0.15) is 5.75 Å². The van der Waals surface area contributed by atoms with Crippen LogP contribution in [0.3, 0.4) is 0 Å². The van der Waals surface area contributed by atoms with Crippen LogP contribution in [-0.2, 0) is 4.79 Å². The van der Waals surface area contributed by atoms with Gasteiger partial charge in [0.25, 0.3) is 5.69 Å². The monoisotopic (exact) mass is 312 g/mol. The van der Waals surface area contributed by atoms with Crippen LogP contribution < -0.4 is 10.1 Å². The van der Waals surface area contributed by atoms with Gasteiger partial charge in [0, 0.05) is 12.0 Å². The second-order valence-corrected chi connectivity index (χ2v) is 5.49. The number of amides is 1. The maximum Gasteiger partial charge on any atom is 0.273 e. The summed E-state index contributed by atoms with van der Waals surface area (Å²) in [6, 6.07) is 14.0. The molecule has 2 unspecified atom stereocenters. The van der Waals surface area contributed by atoms with E-state index in [0.29, 0.717) is 5.69 Å². The van der Waals surface area contributed by atoms with Gasteiger partial charge < -0.3 is 10.1 Å². The van der Waals surface area contributed by atoms with Crippen molar-refractivity contribution in [2.45, 2.75) is 12.3 Å². The SMILES string of the molecule is COc1cc([N+](=O)[O-])ccc1NC(=O)C1CC1c1ccccc1. The van der Waals surface area contributed by atoms with Gasteiger partial charge in [-0.1, -0.05) is 30.3 Å². The third-order valence-electron chi connectivity index (χ3n) is 4.01. The molecule has 0 aromatic heterocycles. The molecule has 0 radical (unpaired) electrons. The zero-order valence-corrected chi connectivity index (χ0v) is 12.6. The first-order chi connectivity index (χ1) is 11.1. The lowest BCUT2D eigenvalue weighted by Gasteiger charge is -2.10. The Kier molecular flexibility index (Phi) is 3.97. The average Bonchev–Trinajstić information content (AvgIpc) is 3.36. The molecule has 6 heteroatoms. The van der Waals surface area contributed by atoms with Gasteiger partial charge in [0.05, 0.1) is 23.8 Å². The van der Waals surface area contributed by atoms with Crippen LogP contribution in [-0.4, -0.2) is 17.9 Å². The largest absolute Gasteiger partial charge is 0.494 e. The van der Waals surface area contributed by atoms with Crippen LogP contribution in [0.5, 0.6) is 5.75 Å². The number of nitro benzene ring substituents is 1. The van der Waals surface area contributed by atoms with Gasteiger partial charge in [-0.3, -0.25) is 14.9 Å². The summed E-state index contributed by atoms with van der Waals surface area (Å²) in [5.74, 6) is 0.355. The minimum atomic E-state index is -0.500. The highest BCUT2D eigenvalue weighted by atomic mass is 16.6. The molecule has 6 nitrogen and oxygen atoms in total. The van der Waals surface area contributed by atoms with Gasteiger partial charge >= 0.3 is 0 Å². The maximum atomic E-state index is 12.3. The van der Waals surface area contributed by atoms with Crippen molar-refractivity contribution >= 4 is 17.3 Å². The molecule has 2 atom stereocenters. The molecule has 0 bridgehead atoms. The van der Waals surface area contributed by atoms with Crippen LogP contribution in [0.2, 0.25) is 0 Å². The molecule has 1 N–H and O–H groups in total. The van der Waals surface area contributed by atoms with Crippen molar-refractivity contribution in [3.05, 3.63) is 64.2 Å². The molecule has 23 heavy (non-hydrogen) atoms. The molecular formula is C17H16N2O4. The topological polar surface area (TPSA) is 81.5 Å². The third kappa shape index (κ3) is 3.15. The molecule has 0 spiro atoms. The Morgan fingerprint density at radius 3 is 2.65 bits per heavy atom. The van der Waals surface area contributed by atoms with Crippen LogP contribution >= 0.6 is 0 Å². The zero-order valence-electron chi connectivity index (χ0n) is 12.6. The number of hydrogen-bond donors (Lipinski definition) is 1. The molecule has 0 heterocycles. The zero-order chi connectivity index (χ0) is 16.4. The molecule has 2 aromatic rings. The minimum absolute atomic E-state index is 0.0719. The van der Waals surface area contributed by atoms with Gasteiger partial charge in [-0.05, 0) is 24.0 Å². The first-order valence-electron chi connectivity index (χ1n) is 7.28. The lowest BCUT2D eigenvalue weighted by molar-refractivity contribution is -0.384. The van der Waals surface area contributed by atoms with Gasteiger partial charge in [0.2, 0.25) is 5.91 Å². The maximum absolute atomic E-state index is 12.3. The fourth-order valence-corrected chi connectivity index (χ4v) is 2.68. The van der Waals surface area contributed by atoms with Gasteiger partial charge in [-0.2, -0.15) is 0 Å². The smallest absolute Gasteiger partial charge is 0.273 e. The number of nitrogens with zero attached hydrogens (tertiary/aromatic N) is 1. The minimum Gasteiger partial charge on any atom is -0.494 e. The molecular weight excluding hydrogens is 296 g/mol. The summed E-state index contributed by atoms with van der Waals surface area (Å²) in [5.41, 5.74) is 1.53. The van der Waals surface area contributed by atoms with E-state index in [1.165, 1.54) is 25.3 Å². The summed E-state index contributed by atoms with van der Waals surface area (Å²) in [6.07, 6.45) is 0.811. The van der Waals surface area contributed by atoms with Crippen LogP contribution in [0.1, 0.15) is 17.9 Å². The third-order valence-corrected chi connectivity index (χ3v) is 4.01. The van der Waals surface area contributed by atoms with Crippen molar-refractivity contribution < 1.29 is 14.5 Å². The number of rotatable bonds is 5. The van der Waals surface area contributed by atoms with E-state index in [-0.39, 0.29) is 29.2 Å². The summed E-state index contributed by atoms with van der Waals surface area (Å²) in [6.45, 7) is 0. The molecule has 1 fully saturated rings. The second kappa shape index (κ2) is 6.08. The predicted octanol–water partition coefficient (Wildman–Crippen LogP) is 3.35. The van der Waals surface area contributed by atoms with Gasteiger partial charge in [-0.25, -0.2) is 0 Å². The lowest BCUT2D eigenvalue weighted by Crippen LogP contribution is -2.15. The quantitative estimate of drug-likeness (QED) is 0.678. The Balaban J connectivity index is 1.71. The number of carbonyl (C=O) groups is 1. The Morgan fingerprint density at radius 1 is 1.26 bits per heavy atom. The fraction of sp³-hybridized carbons (Fsp3) is 0.235. The highest BCUT2D eigenvalue weighted by molar-refractivity contribution is 5.96. The summed E-state index contributed by atoms with van der Waals surface area (Å²) >= 11 is 0. The summed E-state index contributed by atoms with van der Waals surface area (Å²) in [7, 11) is 1.42. The molecule has 0 saturated heterocycles. The number of benzene rings is 2. The van der Waals surface area contributed by atoms with Crippen molar-refractivity contribution in [1.29, 1.82) is 0 Å². The number of anilines is 1. The molecule has 1 aliphatic rings. The first-order valence-corrected chi connectivity index (χ1v) is 7.28. The lowest BCUT2D eigenvalue weighted by atomic mass is 10.1. The molecule has 1 amide bonds. The Hall–Kier alpha value is -2.89. The van der Waals surface area contributed by atoms with Crippen molar-refractivity contribution in [2.24, 2.45) is 5.92 Å². The number of methoxy groups -OCH3 is 1. The van der Waals surface area contributed by atoms with Crippen molar-refractivity contribution in [3.63, 3.8) is 0 Å². The summed E-state index contributed by atoms with van der Waals surface area (Å²) < 4.78 is 5.13. The molecule has 0 aliphatic heterocycles. The number of carbonyl (C=O) groups excluding carboxylic acids is 1. The van der Waals surface area contributed by atoms with E-state index < -0.39 is 4.92 Å². The summed E-state index contributed by atoms with van der Waals surface area (Å²) in [5, 5.41) is 13.6. The van der Waals surface area contributed by atoms with E-state index in [1.54, 1.807) is 0 Å². The highest BCUT2D eigenvalue weighted by Gasteiger charge is 2.44. The highest BCUT2D eigenvalue weighted by Crippen LogP contribution is 2.48. The number of non-ortho nitro benzene ring substituents is 1. The number of nitrogens with one attached hydrogen (secondary N) is 1. The van der Waals surface area contributed by atoms with E-state index in [1.807, 2.05) is 30.3 Å². The fourth-order valence-electron chi connectivity index (χ4n) is 2.68. The Morgan fingerprint density at radius 2 is 2.00 bits per heavy atom. The molecule has 1 aliphatic carbocycles. The standard InChI is InChI=1S/C17H16N2O4/c1-23-16-9-12(19(21)22)7-8-15(16)18-17(20)14-10-13(14)11-5-3-2-4-6-11/h2-9,13-14H,10H2,1H3,(H,18,20). The second-order valence-electron chi connectivity index (χ2n) is 5.49. The molecule has 118 valence electrons. The number of ether oxygens (including phenoxy) is 1. The predicted molar refractivity (Wildman–Crippen MR) is 85.6 cm³/mol. The average molecular weight is 312 g/mol. The number of nitro groups is 1. The van der Waals surface area contributed by atoms with E-state index in [2.05, 4.69) is 5.32 Å². The Labute approximate surface area is 133 Å². The van der Waals surface area contributed by atoms with Crippen LogP contribution in [0.15, 0.2) is 48.5 Å². The number of hydrogen-bond acceptors (Lipinski definition) is 4. The van der Waals surface area contributed by atoms with Crippen molar-refractivity contribution in [2.75, 3.05) is 12.4 Å². The van der Waals surface area contributed by atoms with Crippen LogP contribution in [0.25, 0.3) is 0 Å². The van der Waals surface area contributed by atoms with Crippen molar-refractivity contribution in [1.82, 2.24) is 0 Å². The van der Waals surface area contributed by atoms with E-state index >= 15 is 0 Å². The van der Waals surface area contributed by atoms with E-state index in [0.717, 1.165) is 12.0 Å². The Bertz CT molecular complexity index is 746. The molecule has 2 aromatic carbocycles. The van der Waals surface area contributed by atoms with Crippen LogP contribution in [0.4, 0.5) is 11.4 Å². The van der Waals surface area contributed by atoms with Gasteiger partial charge in [0.15, 0.2) is 0 Å². The normalized spacial score (nSPS) is 19.0. The molecule has 1 saturated carbocycles. The van der Waals surface area contributed by atoms with E-state index in [4.69, 9.17) is 4.74 Å². The molecule has 3 rings (SSSR count). The van der Waals surface area contributed by atoms with E-state index in [9.17, 15) is 14.9 Å². The van der Waals surface area contributed by atoms with Gasteiger partial charge in [-0.15, -0.1) is 0 Å².